The van der Waals surface area contributed by atoms with Crippen LogP contribution in [0.3, 0.4) is 0 Å². The van der Waals surface area contributed by atoms with Crippen molar-refractivity contribution in [3.05, 3.63) is 95.6 Å². The Balaban J connectivity index is 2.24. The maximum atomic E-state index is 6.87. The second-order valence-corrected chi connectivity index (χ2v) is 7.70. The molecule has 0 amide bonds. The summed E-state index contributed by atoms with van der Waals surface area (Å²) in [5.74, 6) is 1.64. The van der Waals surface area contributed by atoms with Crippen LogP contribution in [0.5, 0.6) is 11.5 Å². The molecule has 0 aliphatic rings. The average Bonchev–Trinajstić information content (AvgIpc) is 2.78. The van der Waals surface area contributed by atoms with E-state index in [0.29, 0.717) is 0 Å². The third-order valence-electron chi connectivity index (χ3n) is 5.07. The van der Waals surface area contributed by atoms with Crippen molar-refractivity contribution in [2.75, 3.05) is 19.5 Å². The molecule has 0 fully saturated rings. The van der Waals surface area contributed by atoms with Crippen LogP contribution in [0.15, 0.2) is 78.9 Å². The van der Waals surface area contributed by atoms with Crippen molar-refractivity contribution >= 4 is 15.9 Å². The molecular weight excluding hydrogens is 428 g/mol. The Hall–Kier alpha value is -2.30. The monoisotopic (exact) mass is 454 g/mol. The van der Waals surface area contributed by atoms with E-state index in [-0.39, 0.29) is 6.10 Å². The molecule has 1 unspecified atom stereocenters. The maximum Gasteiger partial charge on any atom is 0.144 e. The highest BCUT2D eigenvalue weighted by molar-refractivity contribution is 9.09. The first kappa shape index (κ1) is 21.4. The van der Waals surface area contributed by atoms with Gasteiger partial charge in [0.15, 0.2) is 0 Å². The van der Waals surface area contributed by atoms with Gasteiger partial charge in [0.25, 0.3) is 0 Å². The Morgan fingerprint density at radius 1 is 0.724 bits per heavy atom. The average molecular weight is 455 g/mol. The van der Waals surface area contributed by atoms with E-state index >= 15 is 0 Å². The van der Waals surface area contributed by atoms with E-state index in [4.69, 9.17) is 14.2 Å². The van der Waals surface area contributed by atoms with Crippen molar-refractivity contribution in [3.63, 3.8) is 0 Å². The molecule has 3 rings (SSSR count). The number of benzene rings is 3. The van der Waals surface area contributed by atoms with Crippen LogP contribution in [0.4, 0.5) is 0 Å². The van der Waals surface area contributed by atoms with Crippen molar-refractivity contribution in [1.82, 2.24) is 0 Å². The summed E-state index contributed by atoms with van der Waals surface area (Å²) in [5, 5.41) is 0.879. The molecule has 0 aliphatic heterocycles. The highest BCUT2D eigenvalue weighted by atomic mass is 79.9. The van der Waals surface area contributed by atoms with Crippen LogP contribution in [0.2, 0.25) is 0 Å². The molecule has 29 heavy (non-hydrogen) atoms. The maximum absolute atomic E-state index is 6.87. The normalized spacial score (nSPS) is 12.4. The van der Waals surface area contributed by atoms with Gasteiger partial charge >= 0.3 is 0 Å². The van der Waals surface area contributed by atoms with E-state index in [1.807, 2.05) is 30.3 Å². The third-order valence-corrected chi connectivity index (χ3v) is 5.52. The summed E-state index contributed by atoms with van der Waals surface area (Å²) in [6, 6.07) is 26.6. The Morgan fingerprint density at radius 2 is 1.17 bits per heavy atom. The summed E-state index contributed by atoms with van der Waals surface area (Å²) in [4.78, 5) is 0. The van der Waals surface area contributed by atoms with Crippen molar-refractivity contribution in [2.24, 2.45) is 0 Å². The first-order chi connectivity index (χ1) is 14.1. The molecule has 0 aliphatic carbocycles. The third kappa shape index (κ3) is 4.65. The number of hydrogen-bond donors (Lipinski definition) is 0. The SMILES string of the molecule is COc1ccc(C(OC(C)CCBr)(c2ccccc2)c2ccc(OC)cc2)cc1. The van der Waals surface area contributed by atoms with Gasteiger partial charge in [-0.15, -0.1) is 0 Å². The summed E-state index contributed by atoms with van der Waals surface area (Å²) in [6.07, 6.45) is 0.944. The summed E-state index contributed by atoms with van der Waals surface area (Å²) < 4.78 is 17.6. The summed E-state index contributed by atoms with van der Waals surface area (Å²) in [7, 11) is 3.36. The molecule has 0 saturated carbocycles. The number of ether oxygens (including phenoxy) is 3. The van der Waals surface area contributed by atoms with Gasteiger partial charge in [-0.2, -0.15) is 0 Å². The van der Waals surface area contributed by atoms with Gasteiger partial charge in [-0.3, -0.25) is 0 Å². The fourth-order valence-electron chi connectivity index (χ4n) is 3.54. The fourth-order valence-corrected chi connectivity index (χ4v) is 4.19. The lowest BCUT2D eigenvalue weighted by Gasteiger charge is -2.38. The van der Waals surface area contributed by atoms with Crippen LogP contribution in [-0.4, -0.2) is 25.7 Å². The second-order valence-electron chi connectivity index (χ2n) is 6.91. The van der Waals surface area contributed by atoms with E-state index in [2.05, 4.69) is 71.4 Å². The molecule has 0 N–H and O–H groups in total. The van der Waals surface area contributed by atoms with E-state index in [1.54, 1.807) is 14.2 Å². The van der Waals surface area contributed by atoms with Gasteiger partial charge in [0.2, 0.25) is 0 Å². The van der Waals surface area contributed by atoms with E-state index < -0.39 is 5.60 Å². The smallest absolute Gasteiger partial charge is 0.144 e. The van der Waals surface area contributed by atoms with Crippen LogP contribution in [0, 0.1) is 0 Å². The molecule has 0 bridgehead atoms. The van der Waals surface area contributed by atoms with Crippen LogP contribution in [-0.2, 0) is 10.3 Å². The zero-order chi connectivity index (χ0) is 20.7. The lowest BCUT2D eigenvalue weighted by atomic mass is 9.79. The quantitative estimate of drug-likeness (QED) is 0.285. The first-order valence-electron chi connectivity index (χ1n) is 9.72. The van der Waals surface area contributed by atoms with Gasteiger partial charge in [-0.1, -0.05) is 70.5 Å². The minimum atomic E-state index is -0.749. The zero-order valence-corrected chi connectivity index (χ0v) is 18.7. The Bertz CT molecular complexity index is 829. The topological polar surface area (TPSA) is 27.7 Å². The first-order valence-corrected chi connectivity index (χ1v) is 10.8. The van der Waals surface area contributed by atoms with Crippen molar-refractivity contribution in [3.8, 4) is 11.5 Å². The standard InChI is InChI=1S/C25H27BrO3/c1-19(17-18-26)29-25(20-7-5-4-6-8-20,21-9-13-23(27-2)14-10-21)22-11-15-24(28-3)16-12-22/h4-16,19H,17-18H2,1-3H3. The molecular formula is C25H27BrO3. The number of methoxy groups -OCH3 is 2. The van der Waals surface area contributed by atoms with Gasteiger partial charge in [0, 0.05) is 5.33 Å². The Morgan fingerprint density at radius 3 is 1.59 bits per heavy atom. The van der Waals surface area contributed by atoms with E-state index in [9.17, 15) is 0 Å². The van der Waals surface area contributed by atoms with Crippen LogP contribution in [0.1, 0.15) is 30.0 Å². The van der Waals surface area contributed by atoms with E-state index in [0.717, 1.165) is 39.9 Å². The van der Waals surface area contributed by atoms with Gasteiger partial charge in [0.1, 0.15) is 17.1 Å². The van der Waals surface area contributed by atoms with E-state index in [1.165, 1.54) is 0 Å². The molecule has 3 aromatic rings. The molecule has 152 valence electrons. The molecule has 0 spiro atoms. The molecule has 0 saturated heterocycles. The zero-order valence-electron chi connectivity index (χ0n) is 17.1. The van der Waals surface area contributed by atoms with Crippen LogP contribution in [0.25, 0.3) is 0 Å². The summed E-state index contributed by atoms with van der Waals surface area (Å²) in [5.41, 5.74) is 2.44. The molecule has 0 aromatic heterocycles. The highest BCUT2D eigenvalue weighted by Gasteiger charge is 2.39. The lowest BCUT2D eigenvalue weighted by Crippen LogP contribution is -2.36. The van der Waals surface area contributed by atoms with Crippen molar-refractivity contribution in [1.29, 1.82) is 0 Å². The second kappa shape index (κ2) is 9.95. The summed E-state index contributed by atoms with van der Waals surface area (Å²) >= 11 is 3.55. The minimum absolute atomic E-state index is 0.0405. The van der Waals surface area contributed by atoms with Crippen LogP contribution < -0.4 is 9.47 Å². The number of halogens is 1. The molecule has 3 aromatic carbocycles. The predicted octanol–water partition coefficient (Wildman–Crippen LogP) is 6.19. The number of hydrogen-bond acceptors (Lipinski definition) is 3. The number of rotatable bonds is 9. The number of alkyl halides is 1. The van der Waals surface area contributed by atoms with Gasteiger partial charge < -0.3 is 14.2 Å². The largest absolute Gasteiger partial charge is 0.497 e. The highest BCUT2D eigenvalue weighted by Crippen LogP contribution is 2.42. The Labute approximate surface area is 181 Å². The van der Waals surface area contributed by atoms with Crippen LogP contribution >= 0.6 is 15.9 Å². The van der Waals surface area contributed by atoms with Gasteiger partial charge in [-0.05, 0) is 54.3 Å². The predicted molar refractivity (Wildman–Crippen MR) is 121 cm³/mol. The lowest BCUT2D eigenvalue weighted by molar-refractivity contribution is -0.0390. The molecule has 0 radical (unpaired) electrons. The van der Waals surface area contributed by atoms with Crippen molar-refractivity contribution < 1.29 is 14.2 Å². The van der Waals surface area contributed by atoms with Crippen molar-refractivity contribution in [2.45, 2.75) is 25.0 Å². The molecule has 4 heteroatoms. The minimum Gasteiger partial charge on any atom is -0.497 e. The molecule has 3 nitrogen and oxygen atoms in total. The summed E-state index contributed by atoms with van der Waals surface area (Å²) in [6.45, 7) is 2.12. The molecule has 0 heterocycles. The molecule has 1 atom stereocenters. The van der Waals surface area contributed by atoms with Gasteiger partial charge in [0.05, 0.1) is 20.3 Å². The Kier molecular flexibility index (Phi) is 7.34. The van der Waals surface area contributed by atoms with Gasteiger partial charge in [-0.25, -0.2) is 0 Å². The fraction of sp³-hybridized carbons (Fsp3) is 0.280.